The number of hydrogen-bond acceptors (Lipinski definition) is 5. The molecule has 2 N–H and O–H groups in total. The lowest BCUT2D eigenvalue weighted by molar-refractivity contribution is -0.138. The number of carbonyl (C=O) groups excluding carboxylic acids is 1. The largest absolute Gasteiger partial charge is 0.481 e. The number of rotatable bonds is 5. The second-order valence-electron chi connectivity index (χ2n) is 4.29. The first-order valence-corrected chi connectivity index (χ1v) is 8.15. The number of carboxylic acids is 1. The van der Waals surface area contributed by atoms with Gasteiger partial charge in [0.1, 0.15) is 11.1 Å². The summed E-state index contributed by atoms with van der Waals surface area (Å²) in [6.07, 6.45) is 0.969. The highest BCUT2D eigenvalue weighted by molar-refractivity contribution is 9.08. The van der Waals surface area contributed by atoms with Crippen molar-refractivity contribution < 1.29 is 19.1 Å². The van der Waals surface area contributed by atoms with Crippen LogP contribution in [0.2, 0.25) is 0 Å². The molecule has 9 heteroatoms. The van der Waals surface area contributed by atoms with E-state index in [0.29, 0.717) is 10.9 Å². The molecule has 6 nitrogen and oxygen atoms in total. The molecule has 0 aliphatic carbocycles. The van der Waals surface area contributed by atoms with Gasteiger partial charge in [0.15, 0.2) is 5.17 Å². The summed E-state index contributed by atoms with van der Waals surface area (Å²) in [5.41, 5.74) is 1.02. The van der Waals surface area contributed by atoms with Crippen LogP contribution in [0.25, 0.3) is 0 Å². The van der Waals surface area contributed by atoms with Crippen molar-refractivity contribution in [2.75, 3.05) is 0 Å². The highest BCUT2D eigenvalue weighted by Gasteiger charge is 2.32. The molecule has 1 aliphatic heterocycles. The summed E-state index contributed by atoms with van der Waals surface area (Å²) in [4.78, 5) is 22.1. The van der Waals surface area contributed by atoms with E-state index < -0.39 is 22.9 Å². The van der Waals surface area contributed by atoms with Crippen LogP contribution in [0, 0.1) is 5.82 Å². The molecule has 2 rings (SSSR count). The van der Waals surface area contributed by atoms with Crippen LogP contribution in [0.4, 0.5) is 4.39 Å². The van der Waals surface area contributed by atoms with Crippen LogP contribution in [0.3, 0.4) is 0 Å². The Morgan fingerprint density at radius 2 is 2.32 bits per heavy atom. The van der Waals surface area contributed by atoms with Crippen LogP contribution in [-0.2, 0) is 14.9 Å². The molecule has 1 atom stereocenters. The number of thioether (sulfide) groups is 1. The quantitative estimate of drug-likeness (QED) is 0.459. The van der Waals surface area contributed by atoms with Crippen molar-refractivity contribution in [3.63, 3.8) is 0 Å². The maximum atomic E-state index is 13.7. The zero-order chi connectivity index (χ0) is 16.1. The van der Waals surface area contributed by atoms with Gasteiger partial charge in [-0.25, -0.2) is 4.39 Å². The predicted molar refractivity (Wildman–Crippen MR) is 85.8 cm³/mol. The lowest BCUT2D eigenvalue weighted by atomic mass is 10.1. The number of nitrogens with one attached hydrogen (secondary N) is 1. The lowest BCUT2D eigenvalue weighted by Gasteiger charge is -2.01. The van der Waals surface area contributed by atoms with E-state index in [-0.39, 0.29) is 11.6 Å². The van der Waals surface area contributed by atoms with Crippen LogP contribution < -0.4 is 5.32 Å². The number of aliphatic carboxylic acids is 1. The first-order valence-electron chi connectivity index (χ1n) is 6.15. The average Bonchev–Trinajstić information content (AvgIpc) is 2.80. The minimum absolute atomic E-state index is 0.198. The first-order chi connectivity index (χ1) is 10.5. The van der Waals surface area contributed by atoms with Crippen LogP contribution in [0.5, 0.6) is 0 Å². The highest BCUT2D eigenvalue weighted by atomic mass is 79.9. The Morgan fingerprint density at radius 3 is 3.00 bits per heavy atom. The lowest BCUT2D eigenvalue weighted by Crippen LogP contribution is -2.26. The number of amides is 1. The number of alkyl halides is 1. The number of carboxylic acid groups (broad SMARTS) is 1. The minimum Gasteiger partial charge on any atom is -0.481 e. The highest BCUT2D eigenvalue weighted by Crippen LogP contribution is 2.22. The van der Waals surface area contributed by atoms with E-state index in [1.54, 1.807) is 12.1 Å². The standard InChI is InChI=1S/C13H11BrFN3O3S/c14-5-7-2-1-3-9(15)8(7)6-16-18-13-17-12(21)10(22-13)4-11(19)20/h1-3,6,10H,4-5H2,(H,19,20)(H,17,18,21). The van der Waals surface area contributed by atoms with E-state index in [4.69, 9.17) is 5.11 Å². The van der Waals surface area contributed by atoms with E-state index in [0.717, 1.165) is 17.3 Å². The molecule has 0 spiro atoms. The van der Waals surface area contributed by atoms with Crippen molar-refractivity contribution in [2.24, 2.45) is 10.2 Å². The molecule has 1 heterocycles. The maximum absolute atomic E-state index is 13.7. The van der Waals surface area contributed by atoms with Crippen molar-refractivity contribution in [3.05, 3.63) is 35.1 Å². The fourth-order valence-corrected chi connectivity index (χ4v) is 3.13. The Bertz CT molecular complexity index is 666. The number of amidine groups is 1. The van der Waals surface area contributed by atoms with Gasteiger partial charge in [0.2, 0.25) is 5.91 Å². The second kappa shape index (κ2) is 7.50. The van der Waals surface area contributed by atoms with E-state index in [2.05, 4.69) is 31.4 Å². The molecule has 1 saturated heterocycles. The molecule has 1 aromatic carbocycles. The van der Waals surface area contributed by atoms with Gasteiger partial charge < -0.3 is 10.4 Å². The zero-order valence-electron chi connectivity index (χ0n) is 11.1. The normalized spacial score (nSPS) is 19.8. The molecule has 0 saturated carbocycles. The molecule has 0 bridgehead atoms. The Labute approximate surface area is 138 Å². The van der Waals surface area contributed by atoms with E-state index in [1.807, 2.05) is 0 Å². The Kier molecular flexibility index (Phi) is 5.67. The third-order valence-corrected chi connectivity index (χ3v) is 4.44. The SMILES string of the molecule is O=C(O)CC1SC(=NN=Cc2c(F)cccc2CBr)NC1=O. The van der Waals surface area contributed by atoms with E-state index >= 15 is 0 Å². The van der Waals surface area contributed by atoms with Gasteiger partial charge in [-0.3, -0.25) is 9.59 Å². The van der Waals surface area contributed by atoms with Crippen molar-refractivity contribution in [1.82, 2.24) is 5.32 Å². The van der Waals surface area contributed by atoms with Gasteiger partial charge in [-0.1, -0.05) is 39.8 Å². The molecule has 1 unspecified atom stereocenters. The molecule has 0 radical (unpaired) electrons. The minimum atomic E-state index is -1.06. The average molecular weight is 388 g/mol. The van der Waals surface area contributed by atoms with E-state index in [9.17, 15) is 14.0 Å². The number of benzene rings is 1. The fourth-order valence-electron chi connectivity index (χ4n) is 1.73. The summed E-state index contributed by atoms with van der Waals surface area (Å²) in [6.45, 7) is 0. The summed E-state index contributed by atoms with van der Waals surface area (Å²) < 4.78 is 13.7. The third kappa shape index (κ3) is 4.14. The molecule has 1 fully saturated rings. The van der Waals surface area contributed by atoms with Gasteiger partial charge >= 0.3 is 5.97 Å². The summed E-state index contributed by atoms with van der Waals surface area (Å²) in [7, 11) is 0. The molecule has 0 aromatic heterocycles. The summed E-state index contributed by atoms with van der Waals surface area (Å²) in [5, 5.41) is 18.6. The molecule has 116 valence electrons. The second-order valence-corrected chi connectivity index (χ2v) is 6.04. The smallest absolute Gasteiger partial charge is 0.305 e. The van der Waals surface area contributed by atoms with Crippen LogP contribution in [-0.4, -0.2) is 33.6 Å². The van der Waals surface area contributed by atoms with Crippen LogP contribution in [0.1, 0.15) is 17.5 Å². The topological polar surface area (TPSA) is 91.1 Å². The van der Waals surface area contributed by atoms with Gasteiger partial charge in [-0.05, 0) is 11.6 Å². The summed E-state index contributed by atoms with van der Waals surface area (Å²) in [6, 6.07) is 4.66. The molecule has 1 aromatic rings. The van der Waals surface area contributed by atoms with Gasteiger partial charge in [-0.2, -0.15) is 5.10 Å². The Morgan fingerprint density at radius 1 is 1.55 bits per heavy atom. The molecule has 1 amide bonds. The van der Waals surface area contributed by atoms with Crippen molar-refractivity contribution in [1.29, 1.82) is 0 Å². The number of hydrogen-bond donors (Lipinski definition) is 2. The fraction of sp³-hybridized carbons (Fsp3) is 0.231. The Hall–Kier alpha value is -1.74. The summed E-state index contributed by atoms with van der Waals surface area (Å²) in [5.74, 6) is -1.91. The van der Waals surface area contributed by atoms with E-state index in [1.165, 1.54) is 12.3 Å². The molecular formula is C13H11BrFN3O3S. The van der Waals surface area contributed by atoms with Crippen LogP contribution in [0.15, 0.2) is 28.4 Å². The predicted octanol–water partition coefficient (Wildman–Crippen LogP) is 2.12. The van der Waals surface area contributed by atoms with Crippen molar-refractivity contribution in [3.8, 4) is 0 Å². The molecule has 1 aliphatic rings. The molecular weight excluding hydrogens is 377 g/mol. The monoisotopic (exact) mass is 387 g/mol. The number of carbonyl (C=O) groups is 2. The van der Waals surface area contributed by atoms with Gasteiger partial charge in [-0.15, -0.1) is 5.10 Å². The third-order valence-electron chi connectivity index (χ3n) is 2.76. The number of nitrogens with zero attached hydrogens (tertiary/aromatic N) is 2. The van der Waals surface area contributed by atoms with Gasteiger partial charge in [0.05, 0.1) is 12.6 Å². The zero-order valence-corrected chi connectivity index (χ0v) is 13.5. The van der Waals surface area contributed by atoms with Crippen LogP contribution >= 0.6 is 27.7 Å². The van der Waals surface area contributed by atoms with Crippen molar-refractivity contribution >= 4 is 51.0 Å². The maximum Gasteiger partial charge on any atom is 0.305 e. The molecule has 22 heavy (non-hydrogen) atoms. The Balaban J connectivity index is 2.10. The number of halogens is 2. The van der Waals surface area contributed by atoms with Gasteiger partial charge in [0.25, 0.3) is 0 Å². The summed E-state index contributed by atoms with van der Waals surface area (Å²) >= 11 is 4.25. The van der Waals surface area contributed by atoms with Gasteiger partial charge in [0, 0.05) is 10.9 Å². The first kappa shape index (κ1) is 16.6. The van der Waals surface area contributed by atoms with Crippen molar-refractivity contribution in [2.45, 2.75) is 17.0 Å².